The Kier molecular flexibility index (Phi) is 4.96. The van der Waals surface area contributed by atoms with Crippen LogP contribution in [0.1, 0.15) is 29.0 Å². The fourth-order valence-corrected chi connectivity index (χ4v) is 6.28. The summed E-state index contributed by atoms with van der Waals surface area (Å²) in [6, 6.07) is 8.77. The van der Waals surface area contributed by atoms with Gasteiger partial charge in [-0.25, -0.2) is 8.42 Å². The topological polar surface area (TPSA) is 83.7 Å². The largest absolute Gasteiger partial charge is 0.351 e. The van der Waals surface area contributed by atoms with Gasteiger partial charge in [-0.3, -0.25) is 4.79 Å². The third-order valence-corrected chi connectivity index (χ3v) is 8.00. The molecule has 0 radical (unpaired) electrons. The van der Waals surface area contributed by atoms with Crippen LogP contribution >= 0.6 is 11.6 Å². The number of rotatable bonds is 3. The van der Waals surface area contributed by atoms with Crippen LogP contribution in [0.4, 0.5) is 0 Å². The Morgan fingerprint density at radius 1 is 1.19 bits per heavy atom. The van der Waals surface area contributed by atoms with Gasteiger partial charge >= 0.3 is 0 Å². The van der Waals surface area contributed by atoms with Crippen LogP contribution in [0.3, 0.4) is 0 Å². The SMILES string of the molecule is O=C(c1ccno1)N1CC[C@H]2CN(Cc3ccc(Cl)cc3)S(=O)(=O)[C@@H]2CC1. The molecule has 0 spiro atoms. The summed E-state index contributed by atoms with van der Waals surface area (Å²) in [5.41, 5.74) is 0.918. The zero-order valence-electron chi connectivity index (χ0n) is 14.6. The van der Waals surface area contributed by atoms with Gasteiger partial charge in [0.2, 0.25) is 15.8 Å². The molecule has 7 nitrogen and oxygen atoms in total. The van der Waals surface area contributed by atoms with Crippen LogP contribution in [-0.2, 0) is 16.6 Å². The highest BCUT2D eigenvalue weighted by atomic mass is 35.5. The Morgan fingerprint density at radius 3 is 2.63 bits per heavy atom. The number of carbonyl (C=O) groups is 1. The van der Waals surface area contributed by atoms with Gasteiger partial charge in [0.05, 0.1) is 11.4 Å². The van der Waals surface area contributed by atoms with Crippen molar-refractivity contribution in [1.29, 1.82) is 0 Å². The first-order valence-electron chi connectivity index (χ1n) is 8.88. The number of aromatic nitrogens is 1. The van der Waals surface area contributed by atoms with Crippen molar-refractivity contribution in [2.24, 2.45) is 5.92 Å². The van der Waals surface area contributed by atoms with Crippen molar-refractivity contribution in [3.8, 4) is 0 Å². The molecule has 0 N–H and O–H groups in total. The lowest BCUT2D eigenvalue weighted by atomic mass is 10.0. The predicted molar refractivity (Wildman–Crippen MR) is 99.7 cm³/mol. The quantitative estimate of drug-likeness (QED) is 0.777. The summed E-state index contributed by atoms with van der Waals surface area (Å²) in [7, 11) is -3.40. The minimum atomic E-state index is -3.40. The van der Waals surface area contributed by atoms with E-state index in [0.29, 0.717) is 44.0 Å². The number of benzene rings is 1. The van der Waals surface area contributed by atoms with Crippen LogP contribution in [0.15, 0.2) is 41.1 Å². The molecule has 4 rings (SSSR count). The zero-order chi connectivity index (χ0) is 19.0. The Morgan fingerprint density at radius 2 is 1.93 bits per heavy atom. The summed E-state index contributed by atoms with van der Waals surface area (Å²) in [6.07, 6.45) is 2.52. The molecule has 2 fully saturated rings. The second kappa shape index (κ2) is 7.26. The van der Waals surface area contributed by atoms with Gasteiger partial charge in [0.1, 0.15) is 0 Å². The Bertz CT molecular complexity index is 915. The summed E-state index contributed by atoms with van der Waals surface area (Å²) < 4.78 is 32.6. The van der Waals surface area contributed by atoms with Crippen LogP contribution < -0.4 is 0 Å². The molecular weight excluding hydrogens is 390 g/mol. The number of fused-ring (bicyclic) bond motifs is 1. The van der Waals surface area contributed by atoms with Crippen molar-refractivity contribution >= 4 is 27.5 Å². The third kappa shape index (κ3) is 3.61. The Labute approximate surface area is 162 Å². The molecule has 0 unspecified atom stereocenters. The molecule has 2 saturated heterocycles. The number of carbonyl (C=O) groups excluding carboxylic acids is 1. The highest BCUT2D eigenvalue weighted by molar-refractivity contribution is 7.90. The summed E-state index contributed by atoms with van der Waals surface area (Å²) in [5, 5.41) is 3.75. The molecule has 1 aromatic carbocycles. The second-order valence-electron chi connectivity index (χ2n) is 7.01. The summed E-state index contributed by atoms with van der Waals surface area (Å²) >= 11 is 5.90. The molecule has 0 saturated carbocycles. The van der Waals surface area contributed by atoms with Crippen molar-refractivity contribution in [3.05, 3.63) is 52.9 Å². The average molecular weight is 410 g/mol. The second-order valence-corrected chi connectivity index (χ2v) is 9.60. The van der Waals surface area contributed by atoms with E-state index in [-0.39, 0.29) is 17.6 Å². The van der Waals surface area contributed by atoms with Crippen LogP contribution in [0.5, 0.6) is 0 Å². The van der Waals surface area contributed by atoms with Gasteiger partial charge in [-0.15, -0.1) is 0 Å². The van der Waals surface area contributed by atoms with Gasteiger partial charge in [-0.2, -0.15) is 4.31 Å². The molecule has 2 aliphatic rings. The normalized spacial score (nSPS) is 25.1. The van der Waals surface area contributed by atoms with Crippen molar-refractivity contribution in [2.45, 2.75) is 24.6 Å². The van der Waals surface area contributed by atoms with Crippen LogP contribution in [-0.4, -0.2) is 53.6 Å². The van der Waals surface area contributed by atoms with Crippen molar-refractivity contribution in [3.63, 3.8) is 0 Å². The maximum Gasteiger partial charge on any atom is 0.292 e. The highest BCUT2D eigenvalue weighted by Gasteiger charge is 2.47. The van der Waals surface area contributed by atoms with Crippen LogP contribution in [0, 0.1) is 5.92 Å². The first kappa shape index (κ1) is 18.5. The van der Waals surface area contributed by atoms with Crippen molar-refractivity contribution in [1.82, 2.24) is 14.4 Å². The molecule has 1 aromatic heterocycles. The fraction of sp³-hybridized carbons (Fsp3) is 0.444. The molecule has 144 valence electrons. The van der Waals surface area contributed by atoms with Gasteiger partial charge in [-0.1, -0.05) is 28.9 Å². The first-order chi connectivity index (χ1) is 12.9. The van der Waals surface area contributed by atoms with E-state index < -0.39 is 15.3 Å². The zero-order valence-corrected chi connectivity index (χ0v) is 16.2. The maximum atomic E-state index is 13.0. The van der Waals surface area contributed by atoms with Crippen molar-refractivity contribution in [2.75, 3.05) is 19.6 Å². The van der Waals surface area contributed by atoms with E-state index in [1.807, 2.05) is 12.1 Å². The minimum absolute atomic E-state index is 0.0230. The van der Waals surface area contributed by atoms with E-state index in [2.05, 4.69) is 5.16 Å². The average Bonchev–Trinajstić information content (AvgIpc) is 3.18. The van der Waals surface area contributed by atoms with E-state index in [1.165, 1.54) is 12.3 Å². The number of hydrogen-bond acceptors (Lipinski definition) is 5. The predicted octanol–water partition coefficient (Wildman–Crippen LogP) is 2.39. The fourth-order valence-electron chi connectivity index (χ4n) is 3.93. The molecule has 27 heavy (non-hydrogen) atoms. The molecule has 9 heteroatoms. The Balaban J connectivity index is 1.46. The highest BCUT2D eigenvalue weighted by Crippen LogP contribution is 2.35. The standard InChI is InChI=1S/C18H20ClN3O4S/c19-15-3-1-13(2-4-15)11-22-12-14-6-9-21(10-7-17(14)27(22,24)25)18(23)16-5-8-20-26-16/h1-5,8,14,17H,6-7,9-12H2/t14-,17+/m0/s1. The molecular formula is C18H20ClN3O4S. The summed E-state index contributed by atoms with van der Waals surface area (Å²) in [6.45, 7) is 1.76. The first-order valence-corrected chi connectivity index (χ1v) is 10.8. The van der Waals surface area contributed by atoms with Gasteiger partial charge in [-0.05, 0) is 36.5 Å². The molecule has 2 aliphatic heterocycles. The monoisotopic (exact) mass is 409 g/mol. The van der Waals surface area contributed by atoms with Gasteiger partial charge in [0.25, 0.3) is 5.91 Å². The lowest BCUT2D eigenvalue weighted by Crippen LogP contribution is -2.34. The van der Waals surface area contributed by atoms with Gasteiger partial charge in [0.15, 0.2) is 0 Å². The number of nitrogens with zero attached hydrogens (tertiary/aromatic N) is 3. The summed E-state index contributed by atoms with van der Waals surface area (Å²) in [4.78, 5) is 14.1. The number of sulfonamides is 1. The van der Waals surface area contributed by atoms with Crippen LogP contribution in [0.2, 0.25) is 5.02 Å². The van der Waals surface area contributed by atoms with Crippen LogP contribution in [0.25, 0.3) is 0 Å². The van der Waals surface area contributed by atoms with E-state index in [9.17, 15) is 13.2 Å². The van der Waals surface area contributed by atoms with Crippen molar-refractivity contribution < 1.29 is 17.7 Å². The lowest BCUT2D eigenvalue weighted by Gasteiger charge is -2.21. The summed E-state index contributed by atoms with van der Waals surface area (Å²) in [5.74, 6) is -0.0213. The van der Waals surface area contributed by atoms with Gasteiger partial charge in [0, 0.05) is 37.3 Å². The van der Waals surface area contributed by atoms with E-state index in [4.69, 9.17) is 16.1 Å². The van der Waals surface area contributed by atoms with E-state index in [1.54, 1.807) is 21.3 Å². The number of halogens is 1. The lowest BCUT2D eigenvalue weighted by molar-refractivity contribution is 0.0717. The number of likely N-dealkylation sites (tertiary alicyclic amines) is 1. The Hall–Kier alpha value is -1.90. The minimum Gasteiger partial charge on any atom is -0.351 e. The maximum absolute atomic E-state index is 13.0. The molecule has 2 atom stereocenters. The molecule has 3 heterocycles. The molecule has 0 bridgehead atoms. The molecule has 1 amide bonds. The number of amides is 1. The molecule has 0 aliphatic carbocycles. The third-order valence-electron chi connectivity index (χ3n) is 5.37. The van der Waals surface area contributed by atoms with E-state index >= 15 is 0 Å². The molecule has 2 aromatic rings. The smallest absolute Gasteiger partial charge is 0.292 e. The van der Waals surface area contributed by atoms with Gasteiger partial charge < -0.3 is 9.42 Å². The van der Waals surface area contributed by atoms with E-state index in [0.717, 1.165) is 5.56 Å². The number of hydrogen-bond donors (Lipinski definition) is 0.